The van der Waals surface area contributed by atoms with Crippen molar-refractivity contribution in [1.82, 2.24) is 14.5 Å². The van der Waals surface area contributed by atoms with Crippen molar-refractivity contribution in [3.8, 4) is 5.69 Å². The van der Waals surface area contributed by atoms with Gasteiger partial charge in [0.05, 0.1) is 11.9 Å². The van der Waals surface area contributed by atoms with E-state index in [0.717, 1.165) is 10.8 Å². The normalized spacial score (nSPS) is 10.1. The van der Waals surface area contributed by atoms with Crippen molar-refractivity contribution in [1.29, 1.82) is 0 Å². The molecule has 2 aromatic rings. The molecule has 2 N–H and O–H groups in total. The first-order chi connectivity index (χ1) is 8.09. The highest BCUT2D eigenvalue weighted by atomic mass is 16.4. The molecule has 0 atom stereocenters. The third-order valence-corrected chi connectivity index (χ3v) is 2.10. The van der Waals surface area contributed by atoms with Gasteiger partial charge in [0.25, 0.3) is 5.56 Å². The fourth-order valence-corrected chi connectivity index (χ4v) is 1.31. The fraction of sp³-hybridized carbons (Fsp3) is 0. The van der Waals surface area contributed by atoms with Crippen LogP contribution in [0.1, 0.15) is 10.4 Å². The number of aromatic carboxylic acids is 1. The molecule has 0 aliphatic heterocycles. The lowest BCUT2D eigenvalue weighted by atomic mass is 10.3. The molecule has 86 valence electrons. The quantitative estimate of drug-likeness (QED) is 0.735. The molecular weight excluding hydrogens is 226 g/mol. The Bertz CT molecular complexity index is 672. The summed E-state index contributed by atoms with van der Waals surface area (Å²) < 4.78 is 1.01. The summed E-state index contributed by atoms with van der Waals surface area (Å²) in [6.07, 6.45) is 3.87. The number of H-pyrrole nitrogens is 1. The SMILES string of the molecule is O=C(O)c1cn(-c2cccnc2)c(=O)[nH]c1=O. The number of pyridine rings is 1. The Kier molecular flexibility index (Phi) is 2.57. The van der Waals surface area contributed by atoms with E-state index >= 15 is 0 Å². The van der Waals surface area contributed by atoms with Gasteiger partial charge in [0.1, 0.15) is 5.56 Å². The summed E-state index contributed by atoms with van der Waals surface area (Å²) in [5.74, 6) is -1.40. The molecular formula is C10H7N3O4. The summed E-state index contributed by atoms with van der Waals surface area (Å²) in [7, 11) is 0. The van der Waals surface area contributed by atoms with Crippen molar-refractivity contribution in [2.24, 2.45) is 0 Å². The number of carboxylic acids is 1. The van der Waals surface area contributed by atoms with E-state index in [4.69, 9.17) is 5.11 Å². The molecule has 0 aliphatic rings. The number of carbonyl (C=O) groups is 1. The van der Waals surface area contributed by atoms with Gasteiger partial charge < -0.3 is 5.11 Å². The summed E-state index contributed by atoms with van der Waals surface area (Å²) in [6.45, 7) is 0. The molecule has 0 amide bonds. The zero-order chi connectivity index (χ0) is 12.4. The zero-order valence-electron chi connectivity index (χ0n) is 8.45. The maximum atomic E-state index is 11.5. The van der Waals surface area contributed by atoms with Crippen LogP contribution in [0.2, 0.25) is 0 Å². The van der Waals surface area contributed by atoms with Gasteiger partial charge in [-0.2, -0.15) is 0 Å². The van der Waals surface area contributed by atoms with E-state index < -0.39 is 22.8 Å². The van der Waals surface area contributed by atoms with Crippen LogP contribution in [0.25, 0.3) is 5.69 Å². The number of aromatic nitrogens is 3. The molecule has 0 saturated heterocycles. The van der Waals surface area contributed by atoms with Crippen LogP contribution in [-0.4, -0.2) is 25.6 Å². The molecule has 7 nitrogen and oxygen atoms in total. The lowest BCUT2D eigenvalue weighted by Gasteiger charge is -2.04. The highest BCUT2D eigenvalue weighted by Crippen LogP contribution is 2.01. The van der Waals surface area contributed by atoms with E-state index in [9.17, 15) is 14.4 Å². The second-order valence-corrected chi connectivity index (χ2v) is 3.19. The summed E-state index contributed by atoms with van der Waals surface area (Å²) in [6, 6.07) is 3.16. The lowest BCUT2D eigenvalue weighted by Crippen LogP contribution is -2.32. The number of aromatic amines is 1. The topological polar surface area (TPSA) is 105 Å². The summed E-state index contributed by atoms with van der Waals surface area (Å²) in [4.78, 5) is 39.2. The number of rotatable bonds is 2. The molecule has 2 aromatic heterocycles. The third-order valence-electron chi connectivity index (χ3n) is 2.10. The second kappa shape index (κ2) is 4.05. The Labute approximate surface area is 94.0 Å². The minimum absolute atomic E-state index is 0.372. The van der Waals surface area contributed by atoms with Crippen molar-refractivity contribution in [2.45, 2.75) is 0 Å². The van der Waals surface area contributed by atoms with Crippen LogP contribution >= 0.6 is 0 Å². The van der Waals surface area contributed by atoms with Gasteiger partial charge in [0.15, 0.2) is 0 Å². The highest BCUT2D eigenvalue weighted by Gasteiger charge is 2.12. The Morgan fingerprint density at radius 2 is 2.18 bits per heavy atom. The van der Waals surface area contributed by atoms with Gasteiger partial charge in [0.2, 0.25) is 0 Å². The molecule has 0 unspecified atom stereocenters. The summed E-state index contributed by atoms with van der Waals surface area (Å²) >= 11 is 0. The Morgan fingerprint density at radius 3 is 2.76 bits per heavy atom. The number of carboxylic acid groups (broad SMARTS) is 1. The van der Waals surface area contributed by atoms with Crippen LogP contribution in [0.15, 0.2) is 40.3 Å². The summed E-state index contributed by atoms with van der Waals surface area (Å²) in [5, 5.41) is 8.78. The van der Waals surface area contributed by atoms with Crippen molar-refractivity contribution in [3.05, 3.63) is 57.1 Å². The van der Waals surface area contributed by atoms with Crippen LogP contribution in [0.3, 0.4) is 0 Å². The molecule has 0 aliphatic carbocycles. The molecule has 0 bridgehead atoms. The lowest BCUT2D eigenvalue weighted by molar-refractivity contribution is 0.0694. The van der Waals surface area contributed by atoms with Gasteiger partial charge in [-0.3, -0.25) is 19.3 Å². The average Bonchev–Trinajstić information content (AvgIpc) is 2.29. The predicted molar refractivity (Wildman–Crippen MR) is 57.4 cm³/mol. The van der Waals surface area contributed by atoms with E-state index in [1.165, 1.54) is 12.4 Å². The van der Waals surface area contributed by atoms with Gasteiger partial charge >= 0.3 is 11.7 Å². The molecule has 2 heterocycles. The molecule has 0 radical (unpaired) electrons. The molecule has 2 rings (SSSR count). The number of nitrogens with one attached hydrogen (secondary N) is 1. The van der Waals surface area contributed by atoms with Crippen molar-refractivity contribution in [3.63, 3.8) is 0 Å². The standard InChI is InChI=1S/C10H7N3O4/c14-8-7(9(15)16)5-13(10(17)12-8)6-2-1-3-11-4-6/h1-5H,(H,15,16)(H,12,14,17). The summed E-state index contributed by atoms with van der Waals surface area (Å²) in [5.41, 5.74) is -1.78. The van der Waals surface area contributed by atoms with Crippen LogP contribution in [0, 0.1) is 0 Å². The molecule has 0 saturated carbocycles. The van der Waals surface area contributed by atoms with Crippen LogP contribution < -0.4 is 11.2 Å². The first-order valence-electron chi connectivity index (χ1n) is 4.59. The second-order valence-electron chi connectivity index (χ2n) is 3.19. The smallest absolute Gasteiger partial charge is 0.342 e. The van der Waals surface area contributed by atoms with E-state index in [0.29, 0.717) is 5.69 Å². The van der Waals surface area contributed by atoms with Crippen molar-refractivity contribution in [2.75, 3.05) is 0 Å². The maximum absolute atomic E-state index is 11.5. The van der Waals surface area contributed by atoms with E-state index in [1.54, 1.807) is 12.1 Å². The van der Waals surface area contributed by atoms with E-state index in [1.807, 2.05) is 4.98 Å². The van der Waals surface area contributed by atoms with Gasteiger partial charge in [-0.05, 0) is 12.1 Å². The van der Waals surface area contributed by atoms with Crippen LogP contribution in [-0.2, 0) is 0 Å². The molecule has 17 heavy (non-hydrogen) atoms. The van der Waals surface area contributed by atoms with Crippen LogP contribution in [0.5, 0.6) is 0 Å². The minimum atomic E-state index is -1.40. The monoisotopic (exact) mass is 233 g/mol. The molecule has 0 aromatic carbocycles. The van der Waals surface area contributed by atoms with Crippen LogP contribution in [0.4, 0.5) is 0 Å². The van der Waals surface area contributed by atoms with Gasteiger partial charge in [-0.15, -0.1) is 0 Å². The minimum Gasteiger partial charge on any atom is -0.477 e. The fourth-order valence-electron chi connectivity index (χ4n) is 1.31. The van der Waals surface area contributed by atoms with Gasteiger partial charge in [-0.25, -0.2) is 9.59 Å². The molecule has 0 fully saturated rings. The van der Waals surface area contributed by atoms with Gasteiger partial charge in [0, 0.05) is 12.4 Å². The van der Waals surface area contributed by atoms with Gasteiger partial charge in [-0.1, -0.05) is 0 Å². The van der Waals surface area contributed by atoms with E-state index in [2.05, 4.69) is 4.98 Å². The van der Waals surface area contributed by atoms with Crippen molar-refractivity contribution >= 4 is 5.97 Å². The molecule has 0 spiro atoms. The first-order valence-corrected chi connectivity index (χ1v) is 4.59. The average molecular weight is 233 g/mol. The Morgan fingerprint density at radius 1 is 1.41 bits per heavy atom. The zero-order valence-corrected chi connectivity index (χ0v) is 8.45. The van der Waals surface area contributed by atoms with E-state index in [-0.39, 0.29) is 0 Å². The number of hydrogen-bond acceptors (Lipinski definition) is 4. The first kappa shape index (κ1) is 10.8. The van der Waals surface area contributed by atoms with Crippen molar-refractivity contribution < 1.29 is 9.90 Å². The Balaban J connectivity index is 2.72. The molecule has 7 heteroatoms. The Hall–Kier alpha value is -2.70. The number of hydrogen-bond donors (Lipinski definition) is 2. The third kappa shape index (κ3) is 1.98. The highest BCUT2D eigenvalue weighted by molar-refractivity contribution is 5.86. The number of nitrogens with zero attached hydrogens (tertiary/aromatic N) is 2. The maximum Gasteiger partial charge on any atom is 0.342 e. The largest absolute Gasteiger partial charge is 0.477 e. The predicted octanol–water partition coefficient (Wildman–Crippen LogP) is -0.381.